The summed E-state index contributed by atoms with van der Waals surface area (Å²) in [6.45, 7) is 1.06. The summed E-state index contributed by atoms with van der Waals surface area (Å²) in [4.78, 5) is 17.9. The summed E-state index contributed by atoms with van der Waals surface area (Å²) in [6, 6.07) is 18.0. The first-order valence-electron chi connectivity index (χ1n) is 15.1. The molecule has 0 bridgehead atoms. The van der Waals surface area contributed by atoms with Crippen LogP contribution < -0.4 is 15.8 Å². The number of ketones is 1. The Bertz CT molecular complexity index is 1830. The van der Waals surface area contributed by atoms with Crippen LogP contribution in [0.15, 0.2) is 96.2 Å². The van der Waals surface area contributed by atoms with E-state index in [1.165, 1.54) is 40.8 Å². The molecule has 1 aliphatic rings. The maximum atomic E-state index is 15.3. The van der Waals surface area contributed by atoms with Crippen LogP contribution in [0.3, 0.4) is 0 Å². The van der Waals surface area contributed by atoms with Gasteiger partial charge >= 0.3 is 6.36 Å². The van der Waals surface area contributed by atoms with Crippen molar-refractivity contribution >= 4 is 27.4 Å². The van der Waals surface area contributed by atoms with Crippen LogP contribution in [-0.4, -0.2) is 61.6 Å². The highest BCUT2D eigenvalue weighted by Crippen LogP contribution is 2.33. The number of Topliss-reactive ketones (excluding diaryl/α,β-unsaturated/α-hetero) is 1. The van der Waals surface area contributed by atoms with Gasteiger partial charge in [0.2, 0.25) is 10.0 Å². The van der Waals surface area contributed by atoms with Gasteiger partial charge in [-0.05, 0) is 71.5 Å². The molecular formula is C34H33ClF4N4O4S. The average Bonchev–Trinajstić information content (AvgIpc) is 3.05. The van der Waals surface area contributed by atoms with Gasteiger partial charge in [-0.3, -0.25) is 9.78 Å². The average molecular weight is 705 g/mol. The van der Waals surface area contributed by atoms with E-state index < -0.39 is 51.7 Å². The number of nitrogens with zero attached hydrogens (tertiary/aromatic N) is 2. The van der Waals surface area contributed by atoms with Crippen LogP contribution in [0.5, 0.6) is 5.75 Å². The fourth-order valence-electron chi connectivity index (χ4n) is 5.95. The molecule has 0 unspecified atom stereocenters. The van der Waals surface area contributed by atoms with Crippen LogP contribution in [0.4, 0.5) is 17.6 Å². The zero-order chi connectivity index (χ0) is 34.5. The van der Waals surface area contributed by atoms with E-state index in [1.807, 2.05) is 0 Å². The molecule has 4 aromatic rings. The van der Waals surface area contributed by atoms with Gasteiger partial charge in [-0.25, -0.2) is 12.8 Å². The highest BCUT2D eigenvalue weighted by molar-refractivity contribution is 7.89. The molecule has 2 heterocycles. The molecule has 5 rings (SSSR count). The van der Waals surface area contributed by atoms with E-state index in [-0.39, 0.29) is 41.8 Å². The van der Waals surface area contributed by atoms with Gasteiger partial charge in [0.15, 0.2) is 5.78 Å². The number of carbonyl (C=O) groups excluding carboxylic acids is 1. The number of pyridine rings is 1. The van der Waals surface area contributed by atoms with Crippen molar-refractivity contribution < 1.29 is 35.5 Å². The number of nitrogens with two attached hydrogens (primary N) is 1. The third kappa shape index (κ3) is 8.58. The highest BCUT2D eigenvalue weighted by Gasteiger charge is 2.35. The molecule has 3 N–H and O–H groups in total. The van der Waals surface area contributed by atoms with E-state index in [0.29, 0.717) is 29.2 Å². The minimum absolute atomic E-state index is 0.108. The Balaban J connectivity index is 1.38. The van der Waals surface area contributed by atoms with Crippen LogP contribution in [-0.2, 0) is 27.7 Å². The number of carbonyl (C=O) groups is 1. The summed E-state index contributed by atoms with van der Waals surface area (Å²) < 4.78 is 86.7. The number of hydrogen-bond donors (Lipinski definition) is 2. The van der Waals surface area contributed by atoms with Crippen LogP contribution in [0.1, 0.15) is 34.6 Å². The van der Waals surface area contributed by atoms with Gasteiger partial charge < -0.3 is 15.8 Å². The van der Waals surface area contributed by atoms with Crippen molar-refractivity contribution in [2.45, 2.75) is 48.5 Å². The van der Waals surface area contributed by atoms with Gasteiger partial charge in [-0.2, -0.15) is 4.31 Å². The predicted molar refractivity (Wildman–Crippen MR) is 173 cm³/mol. The van der Waals surface area contributed by atoms with Crippen molar-refractivity contribution in [2.24, 2.45) is 5.73 Å². The minimum atomic E-state index is -4.93. The number of rotatable bonds is 12. The fraction of sp³-hybridized carbons (Fsp3) is 0.294. The summed E-state index contributed by atoms with van der Waals surface area (Å²) in [5, 5.41) is 3.61. The number of hydrogen-bond acceptors (Lipinski definition) is 7. The Morgan fingerprint density at radius 2 is 1.77 bits per heavy atom. The van der Waals surface area contributed by atoms with Crippen LogP contribution >= 0.6 is 11.6 Å². The van der Waals surface area contributed by atoms with Gasteiger partial charge in [0.1, 0.15) is 11.6 Å². The molecule has 1 aliphatic heterocycles. The second-order valence-electron chi connectivity index (χ2n) is 11.4. The lowest BCUT2D eigenvalue weighted by Gasteiger charge is -2.35. The number of aromatic nitrogens is 1. The molecule has 1 fully saturated rings. The SMILES string of the molecule is N[C@H](C(=O)Cc1cncc(F)c1CC[C@H]1CNCCN1S(=O)(=O)c1ccccc1)[C@@H](c1ccc(Cl)cc1)c1cccc(OC(F)(F)F)c1. The van der Waals surface area contributed by atoms with Gasteiger partial charge in [0.05, 0.1) is 17.1 Å². The molecule has 8 nitrogen and oxygen atoms in total. The first kappa shape index (κ1) is 35.4. The van der Waals surface area contributed by atoms with Gasteiger partial charge in [-0.15, -0.1) is 13.2 Å². The Morgan fingerprint density at radius 1 is 1.04 bits per heavy atom. The van der Waals surface area contributed by atoms with Crippen molar-refractivity contribution in [3.05, 3.63) is 124 Å². The molecule has 1 saturated heterocycles. The van der Waals surface area contributed by atoms with E-state index in [4.69, 9.17) is 17.3 Å². The normalized spacial score (nSPS) is 17.1. The topological polar surface area (TPSA) is 115 Å². The quantitative estimate of drug-likeness (QED) is 0.184. The van der Waals surface area contributed by atoms with E-state index in [2.05, 4.69) is 15.0 Å². The number of ether oxygens (including phenoxy) is 1. The summed E-state index contributed by atoms with van der Waals surface area (Å²) in [5.41, 5.74) is 7.84. The van der Waals surface area contributed by atoms with Gasteiger partial charge in [-0.1, -0.05) is 54.1 Å². The first-order chi connectivity index (χ1) is 22.8. The van der Waals surface area contributed by atoms with Crippen molar-refractivity contribution in [3.8, 4) is 5.75 Å². The van der Waals surface area contributed by atoms with Crippen molar-refractivity contribution in [1.82, 2.24) is 14.6 Å². The molecule has 48 heavy (non-hydrogen) atoms. The molecule has 0 amide bonds. The lowest BCUT2D eigenvalue weighted by Crippen LogP contribution is -2.53. The van der Waals surface area contributed by atoms with Crippen molar-refractivity contribution in [3.63, 3.8) is 0 Å². The highest BCUT2D eigenvalue weighted by atomic mass is 35.5. The zero-order valence-electron chi connectivity index (χ0n) is 25.5. The minimum Gasteiger partial charge on any atom is -0.406 e. The Kier molecular flexibility index (Phi) is 11.2. The number of nitrogens with one attached hydrogen (secondary N) is 1. The predicted octanol–water partition coefficient (Wildman–Crippen LogP) is 5.64. The summed E-state index contributed by atoms with van der Waals surface area (Å²) >= 11 is 6.07. The molecule has 3 atom stereocenters. The number of sulfonamides is 1. The third-order valence-corrected chi connectivity index (χ3v) is 10.5. The molecular weight excluding hydrogens is 672 g/mol. The largest absolute Gasteiger partial charge is 0.573 e. The second-order valence-corrected chi connectivity index (χ2v) is 13.7. The smallest absolute Gasteiger partial charge is 0.406 e. The molecule has 3 aromatic carbocycles. The lowest BCUT2D eigenvalue weighted by molar-refractivity contribution is -0.274. The lowest BCUT2D eigenvalue weighted by atomic mass is 9.82. The zero-order valence-corrected chi connectivity index (χ0v) is 27.1. The van der Waals surface area contributed by atoms with Crippen LogP contribution in [0, 0.1) is 5.82 Å². The Hall–Kier alpha value is -3.88. The number of piperazine rings is 1. The van der Waals surface area contributed by atoms with E-state index in [0.717, 1.165) is 12.3 Å². The molecule has 0 spiro atoms. The molecule has 0 radical (unpaired) electrons. The molecule has 14 heteroatoms. The Labute approximate surface area is 280 Å². The first-order valence-corrected chi connectivity index (χ1v) is 16.9. The van der Waals surface area contributed by atoms with Crippen molar-refractivity contribution in [2.75, 3.05) is 19.6 Å². The van der Waals surface area contributed by atoms with E-state index in [9.17, 15) is 26.4 Å². The fourth-order valence-corrected chi connectivity index (χ4v) is 7.75. The summed E-state index contributed by atoms with van der Waals surface area (Å²) in [7, 11) is -3.81. The molecule has 1 aromatic heterocycles. The maximum Gasteiger partial charge on any atom is 0.573 e. The number of benzene rings is 3. The van der Waals surface area contributed by atoms with Crippen molar-refractivity contribution in [1.29, 1.82) is 0 Å². The number of alkyl halides is 3. The van der Waals surface area contributed by atoms with Crippen LogP contribution in [0.2, 0.25) is 5.02 Å². The third-order valence-electron chi connectivity index (χ3n) is 8.24. The van der Waals surface area contributed by atoms with E-state index >= 15 is 4.39 Å². The molecule has 0 aliphatic carbocycles. The standard InChI is InChI=1S/C34H33ClF4N4O4S/c35-25-11-9-22(10-12-25)32(23-5-4-6-27(17-23)47-34(37,38)39)33(40)31(44)18-24-19-42-21-30(36)29(24)14-13-26-20-41-15-16-43(26)48(45,46)28-7-2-1-3-8-28/h1-12,17,19,21,26,32-33,41H,13-16,18,20,40H2/t26-,32-,33+/m0/s1. The monoisotopic (exact) mass is 704 g/mol. The number of halogens is 5. The van der Waals surface area contributed by atoms with Gasteiger partial charge in [0.25, 0.3) is 0 Å². The summed E-state index contributed by atoms with van der Waals surface area (Å²) in [6.07, 6.45) is -2.48. The Morgan fingerprint density at radius 3 is 2.48 bits per heavy atom. The van der Waals surface area contributed by atoms with Gasteiger partial charge in [0, 0.05) is 49.2 Å². The second kappa shape index (κ2) is 15.1. The van der Waals surface area contributed by atoms with Crippen LogP contribution in [0.25, 0.3) is 0 Å². The van der Waals surface area contributed by atoms with E-state index in [1.54, 1.807) is 42.5 Å². The molecule has 254 valence electrons. The summed E-state index contributed by atoms with van der Waals surface area (Å²) in [5.74, 6) is -2.54. The molecule has 0 saturated carbocycles. The maximum absolute atomic E-state index is 15.3.